The van der Waals surface area contributed by atoms with Gasteiger partial charge in [-0.05, 0) is 29.8 Å². The lowest BCUT2D eigenvalue weighted by atomic mass is 10.1. The molecule has 0 aliphatic carbocycles. The smallest absolute Gasteiger partial charge is 0.279 e. The minimum atomic E-state index is -3.07. The summed E-state index contributed by atoms with van der Waals surface area (Å²) in [4.78, 5) is 18.8. The third kappa shape index (κ3) is 4.05. The average Bonchev–Trinajstić information content (AvgIpc) is 3.10. The van der Waals surface area contributed by atoms with Crippen LogP contribution in [-0.2, 0) is 16.4 Å². The maximum atomic E-state index is 12.5. The number of amidine groups is 1. The number of carbonyl (C=O) groups is 1. The summed E-state index contributed by atoms with van der Waals surface area (Å²) >= 11 is 7.34. The van der Waals surface area contributed by atoms with Gasteiger partial charge >= 0.3 is 0 Å². The van der Waals surface area contributed by atoms with Crippen molar-refractivity contribution in [2.75, 3.05) is 11.5 Å². The van der Waals surface area contributed by atoms with Gasteiger partial charge in [0.25, 0.3) is 5.91 Å². The van der Waals surface area contributed by atoms with Gasteiger partial charge in [0.2, 0.25) is 0 Å². The van der Waals surface area contributed by atoms with Crippen LogP contribution in [0.2, 0.25) is 5.02 Å². The molecule has 2 aromatic carbocycles. The Bertz CT molecular complexity index is 991. The molecule has 2 heterocycles. The number of aliphatic imine (C=N–C) groups is 1. The number of hydrogen-bond acceptors (Lipinski definition) is 4. The first-order chi connectivity index (χ1) is 12.9. The first-order valence-electron chi connectivity index (χ1n) is 8.47. The molecule has 4 rings (SSSR count). The van der Waals surface area contributed by atoms with Crippen molar-refractivity contribution in [1.29, 1.82) is 0 Å². The molecule has 0 bridgehead atoms. The minimum Gasteiger partial charge on any atom is -0.342 e. The number of carbonyl (C=O) groups excluding carboxylic acids is 1. The summed E-state index contributed by atoms with van der Waals surface area (Å²) in [6.45, 7) is 0.488. The molecule has 140 valence electrons. The van der Waals surface area contributed by atoms with Gasteiger partial charge in [0.05, 0.1) is 17.5 Å². The van der Waals surface area contributed by atoms with Crippen molar-refractivity contribution < 1.29 is 13.2 Å². The Morgan fingerprint density at radius 3 is 2.52 bits per heavy atom. The predicted octanol–water partition coefficient (Wildman–Crippen LogP) is 3.25. The van der Waals surface area contributed by atoms with E-state index in [4.69, 9.17) is 11.6 Å². The summed E-state index contributed by atoms with van der Waals surface area (Å²) in [6.07, 6.45) is 0. The molecule has 5 nitrogen and oxygen atoms in total. The summed E-state index contributed by atoms with van der Waals surface area (Å²) < 4.78 is 24.1. The van der Waals surface area contributed by atoms with Crippen molar-refractivity contribution in [1.82, 2.24) is 4.90 Å². The first-order valence-corrected chi connectivity index (χ1v) is 11.6. The number of sulfone groups is 1. The monoisotopic (exact) mass is 420 g/mol. The molecule has 0 N–H and O–H groups in total. The van der Waals surface area contributed by atoms with Crippen LogP contribution in [0.15, 0.2) is 59.6 Å². The summed E-state index contributed by atoms with van der Waals surface area (Å²) in [5.41, 5.74) is 1.51. The Labute approximate surface area is 167 Å². The molecular formula is C19H17ClN2O3S2. The van der Waals surface area contributed by atoms with Crippen LogP contribution < -0.4 is 0 Å². The zero-order chi connectivity index (χ0) is 19.0. The average molecular weight is 421 g/mol. The van der Waals surface area contributed by atoms with Crippen molar-refractivity contribution in [3.8, 4) is 0 Å². The van der Waals surface area contributed by atoms with Crippen LogP contribution in [0.5, 0.6) is 0 Å². The fourth-order valence-corrected chi connectivity index (χ4v) is 7.41. The molecule has 27 heavy (non-hydrogen) atoms. The highest BCUT2D eigenvalue weighted by molar-refractivity contribution is 8.15. The van der Waals surface area contributed by atoms with E-state index in [0.717, 1.165) is 5.56 Å². The van der Waals surface area contributed by atoms with E-state index in [1.165, 1.54) is 11.8 Å². The van der Waals surface area contributed by atoms with Gasteiger partial charge in [-0.2, -0.15) is 4.99 Å². The van der Waals surface area contributed by atoms with E-state index in [9.17, 15) is 13.2 Å². The molecule has 0 spiro atoms. The number of rotatable bonds is 3. The number of thioether (sulfide) groups is 1. The number of benzene rings is 2. The molecule has 0 radical (unpaired) electrons. The molecule has 2 aromatic rings. The van der Waals surface area contributed by atoms with Gasteiger partial charge in [0, 0.05) is 22.4 Å². The van der Waals surface area contributed by atoms with Crippen LogP contribution in [0.1, 0.15) is 15.9 Å². The lowest BCUT2D eigenvalue weighted by molar-refractivity contribution is 0.100. The van der Waals surface area contributed by atoms with Crippen molar-refractivity contribution in [2.24, 2.45) is 4.99 Å². The van der Waals surface area contributed by atoms with E-state index < -0.39 is 9.84 Å². The summed E-state index contributed by atoms with van der Waals surface area (Å²) in [5.74, 6) is -0.100. The Kier molecular flexibility index (Phi) is 5.01. The van der Waals surface area contributed by atoms with E-state index in [1.807, 2.05) is 23.1 Å². The molecule has 0 saturated carbocycles. The standard InChI is InChI=1S/C19H17ClN2O3S2/c20-15-8-6-13(7-9-15)10-22-16-11-27(24,25)12-17(16)26-19(22)21-18(23)14-4-2-1-3-5-14/h1-9,16-17H,10-12H2/t16-,17-/m0/s1. The highest BCUT2D eigenvalue weighted by Gasteiger charge is 2.48. The topological polar surface area (TPSA) is 66.8 Å². The Balaban J connectivity index is 1.64. The lowest BCUT2D eigenvalue weighted by Crippen LogP contribution is -2.37. The third-order valence-electron chi connectivity index (χ3n) is 4.66. The fourth-order valence-electron chi connectivity index (χ4n) is 3.34. The van der Waals surface area contributed by atoms with Crippen LogP contribution in [0.4, 0.5) is 0 Å². The zero-order valence-corrected chi connectivity index (χ0v) is 16.7. The second-order valence-electron chi connectivity index (χ2n) is 6.62. The largest absolute Gasteiger partial charge is 0.342 e. The maximum absolute atomic E-state index is 12.5. The van der Waals surface area contributed by atoms with Crippen molar-refractivity contribution in [2.45, 2.75) is 17.8 Å². The third-order valence-corrected chi connectivity index (χ3v) is 8.16. The van der Waals surface area contributed by atoms with Gasteiger partial charge in [-0.15, -0.1) is 0 Å². The molecule has 2 aliphatic heterocycles. The van der Waals surface area contributed by atoms with Crippen LogP contribution in [0.3, 0.4) is 0 Å². The molecule has 2 saturated heterocycles. The van der Waals surface area contributed by atoms with Gasteiger partial charge in [0.1, 0.15) is 0 Å². The van der Waals surface area contributed by atoms with Crippen LogP contribution in [0, 0.1) is 0 Å². The van der Waals surface area contributed by atoms with E-state index in [-0.39, 0.29) is 28.7 Å². The van der Waals surface area contributed by atoms with Crippen LogP contribution >= 0.6 is 23.4 Å². The second kappa shape index (κ2) is 7.30. The Hall–Kier alpha value is -1.83. The van der Waals surface area contributed by atoms with E-state index in [0.29, 0.717) is 22.3 Å². The highest BCUT2D eigenvalue weighted by Crippen LogP contribution is 2.39. The predicted molar refractivity (Wildman–Crippen MR) is 109 cm³/mol. The minimum absolute atomic E-state index is 0.0929. The molecule has 8 heteroatoms. The van der Waals surface area contributed by atoms with E-state index in [2.05, 4.69) is 4.99 Å². The van der Waals surface area contributed by atoms with Crippen molar-refractivity contribution in [3.63, 3.8) is 0 Å². The van der Waals surface area contributed by atoms with E-state index in [1.54, 1.807) is 36.4 Å². The number of amides is 1. The van der Waals surface area contributed by atoms with Crippen molar-refractivity contribution >= 4 is 44.3 Å². The summed E-state index contributed by atoms with van der Waals surface area (Å²) in [5, 5.41) is 1.14. The molecule has 2 fully saturated rings. The maximum Gasteiger partial charge on any atom is 0.279 e. The second-order valence-corrected chi connectivity index (χ2v) is 10.4. The van der Waals surface area contributed by atoms with Gasteiger partial charge < -0.3 is 4.90 Å². The molecule has 2 atom stereocenters. The van der Waals surface area contributed by atoms with Crippen molar-refractivity contribution in [3.05, 3.63) is 70.7 Å². The van der Waals surface area contributed by atoms with Gasteiger partial charge in [-0.1, -0.05) is 53.7 Å². The molecule has 0 unspecified atom stereocenters. The summed E-state index contributed by atoms with van der Waals surface area (Å²) in [7, 11) is -3.07. The Morgan fingerprint density at radius 2 is 1.81 bits per heavy atom. The molecule has 0 aromatic heterocycles. The summed E-state index contributed by atoms with van der Waals surface area (Å²) in [6, 6.07) is 16.1. The molecule has 2 aliphatic rings. The molecule has 1 amide bonds. The van der Waals surface area contributed by atoms with Gasteiger partial charge in [-0.25, -0.2) is 8.42 Å². The number of nitrogens with zero attached hydrogens (tertiary/aromatic N) is 2. The van der Waals surface area contributed by atoms with Gasteiger partial charge in [0.15, 0.2) is 15.0 Å². The van der Waals surface area contributed by atoms with Crippen LogP contribution in [0.25, 0.3) is 0 Å². The van der Waals surface area contributed by atoms with Gasteiger partial charge in [-0.3, -0.25) is 4.79 Å². The molecular weight excluding hydrogens is 404 g/mol. The lowest BCUT2D eigenvalue weighted by Gasteiger charge is -2.24. The quantitative estimate of drug-likeness (QED) is 0.762. The number of fused-ring (bicyclic) bond motifs is 1. The highest BCUT2D eigenvalue weighted by atomic mass is 35.5. The first kappa shape index (κ1) is 18.5. The zero-order valence-electron chi connectivity index (χ0n) is 14.3. The fraction of sp³-hybridized carbons (Fsp3) is 0.263. The number of hydrogen-bond donors (Lipinski definition) is 0. The number of halogens is 1. The Morgan fingerprint density at radius 1 is 1.11 bits per heavy atom. The SMILES string of the molecule is O=C(N=C1S[C@H]2CS(=O)(=O)C[C@@H]2N1Cc1ccc(Cl)cc1)c1ccccc1. The van der Waals surface area contributed by atoms with Crippen LogP contribution in [-0.4, -0.2) is 47.2 Å². The normalized spacial score (nSPS) is 24.9. The van der Waals surface area contributed by atoms with E-state index >= 15 is 0 Å².